The molecule has 0 unspecified atom stereocenters. The Bertz CT molecular complexity index is 1160. The molecule has 0 saturated carbocycles. The maximum Gasteiger partial charge on any atom is 0.410 e. The minimum atomic E-state index is -0.526. The van der Waals surface area contributed by atoms with Crippen LogP contribution < -0.4 is 14.4 Å². The molecule has 1 heterocycles. The van der Waals surface area contributed by atoms with Gasteiger partial charge in [0.2, 0.25) is 0 Å². The van der Waals surface area contributed by atoms with Crippen LogP contribution in [0.2, 0.25) is 5.02 Å². The van der Waals surface area contributed by atoms with Crippen molar-refractivity contribution in [3.05, 3.63) is 47.5 Å². The summed E-state index contributed by atoms with van der Waals surface area (Å²) in [5.41, 5.74) is 2.88. The summed E-state index contributed by atoms with van der Waals surface area (Å²) in [6.45, 7) is 6.28. The molecule has 3 aromatic rings. The summed E-state index contributed by atoms with van der Waals surface area (Å²) < 4.78 is 16.6. The van der Waals surface area contributed by atoms with Gasteiger partial charge in [-0.3, -0.25) is 0 Å². The summed E-state index contributed by atoms with van der Waals surface area (Å²) in [6.07, 6.45) is -0.374. The lowest BCUT2D eigenvalue weighted by atomic mass is 10.1. The van der Waals surface area contributed by atoms with Crippen LogP contribution in [-0.2, 0) is 4.74 Å². The van der Waals surface area contributed by atoms with Crippen LogP contribution in [0.25, 0.3) is 22.2 Å². The van der Waals surface area contributed by atoms with Gasteiger partial charge in [-0.15, -0.1) is 0 Å². The van der Waals surface area contributed by atoms with Gasteiger partial charge in [-0.1, -0.05) is 11.6 Å². The summed E-state index contributed by atoms with van der Waals surface area (Å²) in [6, 6.07) is 13.4. The molecule has 0 spiro atoms. The highest BCUT2D eigenvalue weighted by Crippen LogP contribution is 2.36. The fraction of sp³-hybridized carbons (Fsp3) is 0.385. The van der Waals surface area contributed by atoms with Gasteiger partial charge in [0, 0.05) is 32.1 Å². The predicted molar refractivity (Wildman–Crippen MR) is 137 cm³/mol. The van der Waals surface area contributed by atoms with Crippen molar-refractivity contribution in [2.45, 2.75) is 26.4 Å². The summed E-state index contributed by atoms with van der Waals surface area (Å²) in [5, 5.41) is 1.44. The van der Waals surface area contributed by atoms with Crippen LogP contribution >= 0.6 is 11.6 Å². The quantitative estimate of drug-likeness (QED) is 0.416. The Kier molecular flexibility index (Phi) is 7.77. The number of fused-ring (bicyclic) bond motifs is 1. The third-order valence-electron chi connectivity index (χ3n) is 5.09. The number of nitrogens with zero attached hydrogens (tertiary/aromatic N) is 3. The van der Waals surface area contributed by atoms with E-state index in [1.54, 1.807) is 14.2 Å². The number of benzene rings is 2. The van der Waals surface area contributed by atoms with E-state index in [9.17, 15) is 4.79 Å². The van der Waals surface area contributed by atoms with Gasteiger partial charge in [0.1, 0.15) is 23.7 Å². The number of halogens is 1. The lowest BCUT2D eigenvalue weighted by Crippen LogP contribution is -2.36. The van der Waals surface area contributed by atoms with Crippen LogP contribution in [-0.4, -0.2) is 63.0 Å². The molecule has 2 aromatic carbocycles. The molecule has 0 atom stereocenters. The van der Waals surface area contributed by atoms with E-state index in [0.29, 0.717) is 23.9 Å². The van der Waals surface area contributed by atoms with Crippen LogP contribution in [0.5, 0.6) is 11.5 Å². The average molecular weight is 486 g/mol. The number of ether oxygens (including phenoxy) is 3. The highest BCUT2D eigenvalue weighted by Gasteiger charge is 2.19. The van der Waals surface area contributed by atoms with E-state index in [1.807, 2.05) is 82.2 Å². The van der Waals surface area contributed by atoms with Crippen molar-refractivity contribution in [1.29, 1.82) is 0 Å². The Morgan fingerprint density at radius 1 is 1.06 bits per heavy atom. The van der Waals surface area contributed by atoms with Gasteiger partial charge in [-0.05, 0) is 63.2 Å². The van der Waals surface area contributed by atoms with E-state index < -0.39 is 5.60 Å². The van der Waals surface area contributed by atoms with Crippen LogP contribution in [0.3, 0.4) is 0 Å². The van der Waals surface area contributed by atoms with Crippen LogP contribution in [0.1, 0.15) is 20.8 Å². The zero-order valence-corrected chi connectivity index (χ0v) is 21.6. The number of methoxy groups -OCH3 is 1. The molecule has 0 N–H and O–H groups in total. The van der Waals surface area contributed by atoms with E-state index in [2.05, 4.69) is 0 Å². The highest BCUT2D eigenvalue weighted by molar-refractivity contribution is 6.35. The van der Waals surface area contributed by atoms with E-state index in [4.69, 9.17) is 30.8 Å². The molecule has 8 heteroatoms. The summed E-state index contributed by atoms with van der Waals surface area (Å²) in [4.78, 5) is 20.3. The Labute approximate surface area is 206 Å². The van der Waals surface area contributed by atoms with Gasteiger partial charge in [0.05, 0.1) is 35.6 Å². The number of anilines is 1. The molecule has 0 fully saturated rings. The number of hydrogen-bond acceptors (Lipinski definition) is 6. The zero-order valence-electron chi connectivity index (χ0n) is 20.8. The number of carbonyl (C=O) groups is 1. The fourth-order valence-electron chi connectivity index (χ4n) is 3.32. The Hall–Kier alpha value is -3.19. The lowest BCUT2D eigenvalue weighted by Gasteiger charge is -2.24. The lowest BCUT2D eigenvalue weighted by molar-refractivity contribution is 0.0278. The first-order valence-corrected chi connectivity index (χ1v) is 11.4. The molecule has 0 bridgehead atoms. The summed E-state index contributed by atoms with van der Waals surface area (Å²) >= 11 is 6.59. The number of aromatic nitrogens is 1. The standard InChI is InChI=1S/C26H32ClN3O4/c1-26(2,3)34-25(31)30(6)12-13-33-18-10-8-17(9-11-18)21-15-20(27)19-14-24(32-7)23(29(4)5)16-22(19)28-21/h8-11,14-16H,12-13H2,1-7H3. The van der Waals surface area contributed by atoms with Crippen molar-refractivity contribution in [3.8, 4) is 22.8 Å². The van der Waals surface area contributed by atoms with Crippen molar-refractivity contribution in [3.63, 3.8) is 0 Å². The molecule has 0 radical (unpaired) electrons. The Morgan fingerprint density at radius 3 is 2.32 bits per heavy atom. The second kappa shape index (κ2) is 10.4. The van der Waals surface area contributed by atoms with E-state index in [1.165, 1.54) is 4.90 Å². The first kappa shape index (κ1) is 25.4. The maximum absolute atomic E-state index is 12.0. The largest absolute Gasteiger partial charge is 0.495 e. The summed E-state index contributed by atoms with van der Waals surface area (Å²) in [7, 11) is 7.24. The highest BCUT2D eigenvalue weighted by atomic mass is 35.5. The minimum absolute atomic E-state index is 0.351. The number of hydrogen-bond donors (Lipinski definition) is 0. The van der Waals surface area contributed by atoms with Gasteiger partial charge < -0.3 is 24.0 Å². The number of pyridine rings is 1. The van der Waals surface area contributed by atoms with Crippen LogP contribution in [0.4, 0.5) is 10.5 Å². The normalized spacial score (nSPS) is 11.3. The van der Waals surface area contributed by atoms with E-state index in [-0.39, 0.29) is 6.09 Å². The van der Waals surface area contributed by atoms with Crippen molar-refractivity contribution >= 4 is 34.3 Å². The maximum atomic E-state index is 12.0. The molecular weight excluding hydrogens is 454 g/mol. The molecule has 0 saturated heterocycles. The van der Waals surface area contributed by atoms with Gasteiger partial charge in [-0.2, -0.15) is 0 Å². The van der Waals surface area contributed by atoms with Crippen LogP contribution in [0.15, 0.2) is 42.5 Å². The monoisotopic (exact) mass is 485 g/mol. The van der Waals surface area contributed by atoms with E-state index >= 15 is 0 Å². The molecule has 7 nitrogen and oxygen atoms in total. The number of amides is 1. The van der Waals surface area contributed by atoms with Gasteiger partial charge in [0.25, 0.3) is 0 Å². The Morgan fingerprint density at radius 2 is 1.74 bits per heavy atom. The molecular formula is C26H32ClN3O4. The Balaban J connectivity index is 1.71. The molecule has 3 rings (SSSR count). The molecule has 0 aliphatic rings. The van der Waals surface area contributed by atoms with Gasteiger partial charge in [-0.25, -0.2) is 9.78 Å². The second-order valence-corrected chi connectivity index (χ2v) is 9.61. The van der Waals surface area contributed by atoms with Crippen molar-refractivity contribution in [1.82, 2.24) is 9.88 Å². The third kappa shape index (κ3) is 6.23. The van der Waals surface area contributed by atoms with Crippen molar-refractivity contribution in [2.75, 3.05) is 46.3 Å². The first-order valence-electron chi connectivity index (χ1n) is 11.0. The minimum Gasteiger partial charge on any atom is -0.495 e. The van der Waals surface area contributed by atoms with Gasteiger partial charge >= 0.3 is 6.09 Å². The summed E-state index contributed by atoms with van der Waals surface area (Å²) in [5.74, 6) is 1.45. The molecule has 182 valence electrons. The predicted octanol–water partition coefficient (Wildman–Crippen LogP) is 5.88. The molecule has 0 aliphatic carbocycles. The van der Waals surface area contributed by atoms with E-state index in [0.717, 1.165) is 33.6 Å². The molecule has 0 aliphatic heterocycles. The molecule has 1 amide bonds. The molecule has 34 heavy (non-hydrogen) atoms. The topological polar surface area (TPSA) is 64.1 Å². The third-order valence-corrected chi connectivity index (χ3v) is 5.40. The second-order valence-electron chi connectivity index (χ2n) is 9.20. The number of likely N-dealkylation sites (N-methyl/N-ethyl adjacent to an activating group) is 1. The zero-order chi connectivity index (χ0) is 25.0. The SMILES string of the molecule is COc1cc2c(Cl)cc(-c3ccc(OCCN(C)C(=O)OC(C)(C)C)cc3)nc2cc1N(C)C. The molecule has 1 aromatic heterocycles. The number of rotatable bonds is 7. The fourth-order valence-corrected chi connectivity index (χ4v) is 3.57. The average Bonchev–Trinajstić information content (AvgIpc) is 2.77. The number of carbonyl (C=O) groups excluding carboxylic acids is 1. The van der Waals surface area contributed by atoms with Gasteiger partial charge in [0.15, 0.2) is 0 Å². The van der Waals surface area contributed by atoms with Crippen LogP contribution in [0, 0.1) is 0 Å². The smallest absolute Gasteiger partial charge is 0.410 e. The van der Waals surface area contributed by atoms with Crippen molar-refractivity contribution < 1.29 is 19.0 Å². The first-order chi connectivity index (χ1) is 16.0. The van der Waals surface area contributed by atoms with Crippen molar-refractivity contribution in [2.24, 2.45) is 0 Å².